The van der Waals surface area contributed by atoms with Gasteiger partial charge in [-0.15, -0.1) is 0 Å². The van der Waals surface area contributed by atoms with Crippen molar-refractivity contribution < 1.29 is 18.7 Å². The third kappa shape index (κ3) is 3.64. The summed E-state index contributed by atoms with van der Waals surface area (Å²) in [4.78, 5) is 27.6. The number of nitrogens with one attached hydrogen (secondary N) is 1. The van der Waals surface area contributed by atoms with E-state index in [1.54, 1.807) is 41.0 Å². The van der Waals surface area contributed by atoms with E-state index in [9.17, 15) is 14.0 Å². The van der Waals surface area contributed by atoms with Crippen molar-refractivity contribution >= 4 is 17.8 Å². The van der Waals surface area contributed by atoms with Gasteiger partial charge in [0.1, 0.15) is 11.4 Å². The number of halogens is 1. The molecular formula is C19H22FN5O3. The summed E-state index contributed by atoms with van der Waals surface area (Å²) >= 11 is 0. The second-order valence-electron chi connectivity index (χ2n) is 7.38. The van der Waals surface area contributed by atoms with Crippen molar-refractivity contribution in [2.45, 2.75) is 25.0 Å². The minimum atomic E-state index is -0.629. The van der Waals surface area contributed by atoms with E-state index in [0.29, 0.717) is 30.9 Å². The van der Waals surface area contributed by atoms with Crippen LogP contribution in [0.5, 0.6) is 0 Å². The van der Waals surface area contributed by atoms with Crippen molar-refractivity contribution in [3.63, 3.8) is 0 Å². The molecule has 2 aliphatic rings. The van der Waals surface area contributed by atoms with Crippen LogP contribution in [0, 0.1) is 5.82 Å². The second kappa shape index (κ2) is 7.14. The number of benzene rings is 1. The first-order valence-electron chi connectivity index (χ1n) is 9.20. The van der Waals surface area contributed by atoms with Gasteiger partial charge in [-0.3, -0.25) is 4.68 Å². The van der Waals surface area contributed by atoms with Crippen molar-refractivity contribution in [3.05, 3.63) is 48.0 Å². The molecule has 1 spiro atoms. The maximum Gasteiger partial charge on any atom is 0.410 e. The van der Waals surface area contributed by atoms with Gasteiger partial charge in [0.15, 0.2) is 0 Å². The Morgan fingerprint density at radius 3 is 2.93 bits per heavy atom. The fourth-order valence-electron chi connectivity index (χ4n) is 3.79. The van der Waals surface area contributed by atoms with E-state index in [1.807, 2.05) is 0 Å². The maximum absolute atomic E-state index is 13.8. The first-order valence-corrected chi connectivity index (χ1v) is 9.20. The first kappa shape index (κ1) is 18.3. The van der Waals surface area contributed by atoms with Gasteiger partial charge >= 0.3 is 12.1 Å². The molecule has 3 amide bonds. The van der Waals surface area contributed by atoms with Gasteiger partial charge in [-0.25, -0.2) is 14.0 Å². The molecule has 28 heavy (non-hydrogen) atoms. The van der Waals surface area contributed by atoms with Crippen LogP contribution in [-0.2, 0) is 11.3 Å². The van der Waals surface area contributed by atoms with E-state index in [-0.39, 0.29) is 24.5 Å². The normalized spacial score (nSPS) is 21.9. The molecule has 2 fully saturated rings. The zero-order valence-electron chi connectivity index (χ0n) is 15.6. The van der Waals surface area contributed by atoms with Gasteiger partial charge in [0, 0.05) is 25.4 Å². The van der Waals surface area contributed by atoms with Crippen molar-refractivity contribution in [2.24, 2.45) is 0 Å². The molecule has 1 atom stereocenters. The lowest BCUT2D eigenvalue weighted by Gasteiger charge is -2.38. The van der Waals surface area contributed by atoms with Crippen LogP contribution in [0.15, 0.2) is 36.7 Å². The minimum Gasteiger partial charge on any atom is -0.439 e. The van der Waals surface area contributed by atoms with Gasteiger partial charge in [-0.2, -0.15) is 5.10 Å². The Morgan fingerprint density at radius 1 is 1.36 bits per heavy atom. The number of hydrogen-bond acceptors (Lipinski definition) is 4. The van der Waals surface area contributed by atoms with Gasteiger partial charge in [0.05, 0.1) is 31.5 Å². The number of aromatic nitrogens is 2. The molecule has 1 aromatic carbocycles. The van der Waals surface area contributed by atoms with Crippen LogP contribution in [0.4, 0.5) is 19.7 Å². The number of anilines is 1. The highest BCUT2D eigenvalue weighted by atomic mass is 19.1. The zero-order valence-corrected chi connectivity index (χ0v) is 15.6. The van der Waals surface area contributed by atoms with Crippen LogP contribution in [0.3, 0.4) is 0 Å². The average molecular weight is 387 g/mol. The molecule has 1 aromatic heterocycles. The van der Waals surface area contributed by atoms with Crippen LogP contribution in [0.1, 0.15) is 18.4 Å². The van der Waals surface area contributed by atoms with E-state index in [4.69, 9.17) is 4.74 Å². The Hall–Kier alpha value is -3.10. The molecule has 0 bridgehead atoms. The number of likely N-dealkylation sites (N-methyl/N-ethyl adjacent to an activating group) is 1. The third-order valence-corrected chi connectivity index (χ3v) is 5.14. The molecule has 8 nitrogen and oxygen atoms in total. The summed E-state index contributed by atoms with van der Waals surface area (Å²) in [5.74, 6) is -0.293. The van der Waals surface area contributed by atoms with Crippen molar-refractivity contribution in [2.75, 3.05) is 32.0 Å². The topological polar surface area (TPSA) is 79.7 Å². The van der Waals surface area contributed by atoms with E-state index >= 15 is 0 Å². The number of hydrogen-bond donors (Lipinski definition) is 1. The fourth-order valence-corrected chi connectivity index (χ4v) is 3.79. The quantitative estimate of drug-likeness (QED) is 0.878. The highest BCUT2D eigenvalue weighted by Gasteiger charge is 2.47. The molecule has 9 heteroatoms. The molecule has 0 saturated carbocycles. The summed E-state index contributed by atoms with van der Waals surface area (Å²) in [6.07, 6.45) is 4.35. The van der Waals surface area contributed by atoms with Gasteiger partial charge in [0.25, 0.3) is 0 Å². The Bertz CT molecular complexity index is 901. The molecule has 2 aromatic rings. The summed E-state index contributed by atoms with van der Waals surface area (Å²) in [7, 11) is 1.69. The number of ether oxygens (including phenoxy) is 1. The lowest BCUT2D eigenvalue weighted by atomic mass is 9.93. The van der Waals surface area contributed by atoms with Crippen LogP contribution < -0.4 is 5.32 Å². The lowest BCUT2D eigenvalue weighted by molar-refractivity contribution is 0.00497. The number of likely N-dealkylation sites (tertiary alicyclic amines) is 1. The first-order chi connectivity index (χ1) is 13.4. The van der Waals surface area contributed by atoms with Gasteiger partial charge in [-0.1, -0.05) is 18.2 Å². The number of urea groups is 1. The Morgan fingerprint density at radius 2 is 2.18 bits per heavy atom. The third-order valence-electron chi connectivity index (χ3n) is 5.14. The molecule has 0 radical (unpaired) electrons. The van der Waals surface area contributed by atoms with Crippen LogP contribution in [0.25, 0.3) is 0 Å². The average Bonchev–Trinajstić information content (AvgIpc) is 3.21. The molecule has 1 N–H and O–H groups in total. The molecular weight excluding hydrogens is 365 g/mol. The predicted octanol–water partition coefficient (Wildman–Crippen LogP) is 2.52. The van der Waals surface area contributed by atoms with Crippen molar-refractivity contribution in [3.8, 4) is 0 Å². The number of carbonyl (C=O) groups excluding carboxylic acids is 2. The van der Waals surface area contributed by atoms with E-state index < -0.39 is 5.60 Å². The molecule has 3 heterocycles. The van der Waals surface area contributed by atoms with Crippen LogP contribution >= 0.6 is 0 Å². The molecule has 2 saturated heterocycles. The van der Waals surface area contributed by atoms with Crippen LogP contribution in [0.2, 0.25) is 0 Å². The largest absolute Gasteiger partial charge is 0.439 e. The van der Waals surface area contributed by atoms with Gasteiger partial charge < -0.3 is 19.9 Å². The zero-order chi connectivity index (χ0) is 19.7. The van der Waals surface area contributed by atoms with Gasteiger partial charge in [-0.05, 0) is 18.9 Å². The Kier molecular flexibility index (Phi) is 4.66. The standard InChI is InChI=1S/C19H22FN5O3/c1-23-12-19(28-18(23)27)7-4-8-24(13-19)17(26)22-15-9-21-25(11-15)10-14-5-2-3-6-16(14)20/h2-3,5-6,9,11H,4,7-8,10,12-13H2,1H3,(H,22,26). The van der Waals surface area contributed by atoms with E-state index in [0.717, 1.165) is 12.8 Å². The van der Waals surface area contributed by atoms with Gasteiger partial charge in [0.2, 0.25) is 0 Å². The SMILES string of the molecule is CN1CC2(CCCN(C(=O)Nc3cnn(Cc4ccccc4F)c3)C2)OC1=O. The highest BCUT2D eigenvalue weighted by Crippen LogP contribution is 2.31. The summed E-state index contributed by atoms with van der Waals surface area (Å²) < 4.78 is 20.9. The summed E-state index contributed by atoms with van der Waals surface area (Å²) in [5, 5.41) is 7.00. The fraction of sp³-hybridized carbons (Fsp3) is 0.421. The molecule has 0 aliphatic carbocycles. The Balaban J connectivity index is 1.38. The van der Waals surface area contributed by atoms with Crippen molar-refractivity contribution in [1.29, 1.82) is 0 Å². The number of amides is 3. The smallest absolute Gasteiger partial charge is 0.410 e. The van der Waals surface area contributed by atoms with Crippen molar-refractivity contribution in [1.82, 2.24) is 19.6 Å². The Labute approximate surface area is 161 Å². The number of carbonyl (C=O) groups is 2. The minimum absolute atomic E-state index is 0.268. The second-order valence-corrected chi connectivity index (χ2v) is 7.38. The van der Waals surface area contributed by atoms with E-state index in [1.165, 1.54) is 17.2 Å². The molecule has 148 valence electrons. The molecule has 2 aliphatic heterocycles. The summed E-state index contributed by atoms with van der Waals surface area (Å²) in [6.45, 7) is 1.71. The molecule has 1 unspecified atom stereocenters. The number of piperidine rings is 1. The summed E-state index contributed by atoms with van der Waals surface area (Å²) in [5.41, 5.74) is 0.423. The number of rotatable bonds is 3. The van der Waals surface area contributed by atoms with Crippen LogP contribution in [-0.4, -0.2) is 64.0 Å². The van der Waals surface area contributed by atoms with E-state index in [2.05, 4.69) is 10.4 Å². The highest BCUT2D eigenvalue weighted by molar-refractivity contribution is 5.89. The predicted molar refractivity (Wildman–Crippen MR) is 99.4 cm³/mol. The monoisotopic (exact) mass is 387 g/mol. The lowest BCUT2D eigenvalue weighted by Crippen LogP contribution is -2.53. The maximum atomic E-state index is 13.8. The summed E-state index contributed by atoms with van der Waals surface area (Å²) in [6, 6.07) is 6.24. The molecule has 4 rings (SSSR count). The number of nitrogens with zero attached hydrogens (tertiary/aromatic N) is 4.